The van der Waals surface area contributed by atoms with E-state index in [-0.39, 0.29) is 0 Å². The zero-order chi connectivity index (χ0) is 5.98. The fraction of sp³-hybridized carbons (Fsp3) is 1.00. The minimum atomic E-state index is 0.396. The Bertz CT molecular complexity index is 76.8. The molecule has 2 nitrogen and oxygen atoms in total. The Morgan fingerprint density at radius 3 is 2.75 bits per heavy atom. The van der Waals surface area contributed by atoms with Crippen LogP contribution >= 0.6 is 11.8 Å². The molecule has 1 rings (SSSR count). The van der Waals surface area contributed by atoms with Crippen molar-refractivity contribution in [3.8, 4) is 0 Å². The highest BCUT2D eigenvalue weighted by Gasteiger charge is 2.18. The molecule has 0 saturated carbocycles. The Balaban J connectivity index is 2.22. The van der Waals surface area contributed by atoms with Crippen molar-refractivity contribution in [2.45, 2.75) is 17.8 Å². The molecule has 0 aromatic heterocycles. The Hall–Kier alpha value is 0.270. The third-order valence-electron chi connectivity index (χ3n) is 1.41. The van der Waals surface area contributed by atoms with Gasteiger partial charge in [-0.05, 0) is 12.7 Å². The van der Waals surface area contributed by atoms with Gasteiger partial charge in [0.25, 0.3) is 0 Å². The molecule has 1 fully saturated rings. The van der Waals surface area contributed by atoms with Crippen molar-refractivity contribution in [1.82, 2.24) is 5.32 Å². The monoisotopic (exact) mass is 132 g/mol. The van der Waals surface area contributed by atoms with Crippen molar-refractivity contribution in [2.24, 2.45) is 5.73 Å². The molecule has 3 heteroatoms. The molecule has 0 unspecified atom stereocenters. The minimum absolute atomic E-state index is 0.396. The highest BCUT2D eigenvalue weighted by Crippen LogP contribution is 2.13. The van der Waals surface area contributed by atoms with Gasteiger partial charge in [-0.2, -0.15) is 0 Å². The molecule has 0 amide bonds. The van der Waals surface area contributed by atoms with E-state index >= 15 is 0 Å². The first-order chi connectivity index (χ1) is 3.83. The van der Waals surface area contributed by atoms with Gasteiger partial charge in [-0.15, -0.1) is 11.8 Å². The van der Waals surface area contributed by atoms with Gasteiger partial charge in [-0.3, -0.25) is 0 Å². The number of rotatable bonds is 1. The van der Waals surface area contributed by atoms with Crippen molar-refractivity contribution < 1.29 is 0 Å². The molecule has 0 aromatic rings. The van der Waals surface area contributed by atoms with Crippen LogP contribution in [0.1, 0.15) is 6.42 Å². The second-order valence-corrected chi connectivity index (χ2v) is 3.17. The molecular formula is C5H12N2S. The van der Waals surface area contributed by atoms with E-state index in [0.29, 0.717) is 11.4 Å². The van der Waals surface area contributed by atoms with Gasteiger partial charge in [0.05, 0.1) is 5.37 Å². The maximum Gasteiger partial charge on any atom is 0.0545 e. The predicted molar refractivity (Wildman–Crippen MR) is 37.9 cm³/mol. The van der Waals surface area contributed by atoms with Crippen LogP contribution in [0.15, 0.2) is 0 Å². The van der Waals surface area contributed by atoms with Crippen LogP contribution in [0.3, 0.4) is 0 Å². The van der Waals surface area contributed by atoms with Crippen LogP contribution in [0.25, 0.3) is 0 Å². The van der Waals surface area contributed by atoms with E-state index in [1.54, 1.807) is 0 Å². The summed E-state index contributed by atoms with van der Waals surface area (Å²) < 4.78 is 0. The van der Waals surface area contributed by atoms with Gasteiger partial charge in [-0.25, -0.2) is 0 Å². The van der Waals surface area contributed by atoms with Crippen molar-refractivity contribution in [3.05, 3.63) is 0 Å². The lowest BCUT2D eigenvalue weighted by atomic mass is 10.3. The van der Waals surface area contributed by atoms with Crippen LogP contribution in [-0.4, -0.2) is 24.2 Å². The van der Waals surface area contributed by atoms with Crippen LogP contribution in [0, 0.1) is 0 Å². The molecule has 3 N–H and O–H groups in total. The lowest BCUT2D eigenvalue weighted by Crippen LogP contribution is -2.22. The summed E-state index contributed by atoms with van der Waals surface area (Å²) in [7, 11) is 0. The first kappa shape index (κ1) is 6.39. The number of nitrogens with one attached hydrogen (secondary N) is 1. The fourth-order valence-electron chi connectivity index (χ4n) is 0.904. The Kier molecular flexibility index (Phi) is 2.16. The standard InChI is InChI=1S/C5H12N2S/c1-8-5-2-4(6)3-7-5/h4-5,7H,2-3,6H2,1H3/t4-,5-/m1/s1. The molecule has 0 radical (unpaired) electrons. The highest BCUT2D eigenvalue weighted by molar-refractivity contribution is 7.99. The van der Waals surface area contributed by atoms with E-state index in [0.717, 1.165) is 13.0 Å². The number of hydrogen-bond donors (Lipinski definition) is 2. The van der Waals surface area contributed by atoms with Crippen LogP contribution in [0.4, 0.5) is 0 Å². The summed E-state index contributed by atoms with van der Waals surface area (Å²) in [5.74, 6) is 0. The van der Waals surface area contributed by atoms with E-state index in [1.807, 2.05) is 11.8 Å². The lowest BCUT2D eigenvalue weighted by Gasteiger charge is -2.02. The smallest absolute Gasteiger partial charge is 0.0545 e. The third kappa shape index (κ3) is 1.37. The number of hydrogen-bond acceptors (Lipinski definition) is 3. The van der Waals surface area contributed by atoms with Gasteiger partial charge in [0.15, 0.2) is 0 Å². The minimum Gasteiger partial charge on any atom is -0.326 e. The van der Waals surface area contributed by atoms with Gasteiger partial charge in [0.1, 0.15) is 0 Å². The maximum absolute atomic E-state index is 5.62. The molecule has 1 saturated heterocycles. The van der Waals surface area contributed by atoms with E-state index in [9.17, 15) is 0 Å². The van der Waals surface area contributed by atoms with E-state index < -0.39 is 0 Å². The second kappa shape index (κ2) is 2.71. The quantitative estimate of drug-likeness (QED) is 0.527. The first-order valence-electron chi connectivity index (χ1n) is 2.84. The molecule has 0 aromatic carbocycles. The van der Waals surface area contributed by atoms with Crippen LogP contribution in [0.5, 0.6) is 0 Å². The fourth-order valence-corrected chi connectivity index (χ4v) is 1.61. The summed E-state index contributed by atoms with van der Waals surface area (Å²) in [6, 6.07) is 0.396. The van der Waals surface area contributed by atoms with Gasteiger partial charge >= 0.3 is 0 Å². The average molecular weight is 132 g/mol. The summed E-state index contributed by atoms with van der Waals surface area (Å²) in [6.45, 7) is 0.992. The van der Waals surface area contributed by atoms with Crippen molar-refractivity contribution in [1.29, 1.82) is 0 Å². The number of thioether (sulfide) groups is 1. The van der Waals surface area contributed by atoms with Crippen LogP contribution in [0.2, 0.25) is 0 Å². The summed E-state index contributed by atoms with van der Waals surface area (Å²) in [5, 5.41) is 3.91. The SMILES string of the molecule is CS[C@@H]1C[C@@H](N)CN1. The first-order valence-corrected chi connectivity index (χ1v) is 4.13. The van der Waals surface area contributed by atoms with Crippen LogP contribution < -0.4 is 11.1 Å². The van der Waals surface area contributed by atoms with Gasteiger partial charge in [0, 0.05) is 12.6 Å². The topological polar surface area (TPSA) is 38.0 Å². The molecule has 1 aliphatic heterocycles. The molecule has 0 aliphatic carbocycles. The van der Waals surface area contributed by atoms with Crippen molar-refractivity contribution in [2.75, 3.05) is 12.8 Å². The molecule has 1 aliphatic rings. The van der Waals surface area contributed by atoms with E-state index in [2.05, 4.69) is 11.6 Å². The van der Waals surface area contributed by atoms with Gasteiger partial charge in [0.2, 0.25) is 0 Å². The molecular weight excluding hydrogens is 120 g/mol. The largest absolute Gasteiger partial charge is 0.326 e. The molecule has 48 valence electrons. The molecule has 8 heavy (non-hydrogen) atoms. The zero-order valence-corrected chi connectivity index (χ0v) is 5.87. The zero-order valence-electron chi connectivity index (χ0n) is 5.05. The molecule has 2 atom stereocenters. The number of nitrogens with two attached hydrogens (primary N) is 1. The molecule has 0 bridgehead atoms. The Labute approximate surface area is 54.2 Å². The lowest BCUT2D eigenvalue weighted by molar-refractivity contribution is 0.741. The Morgan fingerprint density at radius 1 is 1.75 bits per heavy atom. The molecule has 0 spiro atoms. The van der Waals surface area contributed by atoms with Crippen molar-refractivity contribution in [3.63, 3.8) is 0 Å². The summed E-state index contributed by atoms with van der Waals surface area (Å²) >= 11 is 1.85. The van der Waals surface area contributed by atoms with E-state index in [1.165, 1.54) is 0 Å². The van der Waals surface area contributed by atoms with Gasteiger partial charge < -0.3 is 11.1 Å². The second-order valence-electron chi connectivity index (χ2n) is 2.13. The normalized spacial score (nSPS) is 38.2. The van der Waals surface area contributed by atoms with Crippen molar-refractivity contribution >= 4 is 11.8 Å². The Morgan fingerprint density at radius 2 is 2.50 bits per heavy atom. The average Bonchev–Trinajstić information content (AvgIpc) is 2.14. The summed E-state index contributed by atoms with van der Waals surface area (Å²) in [5.41, 5.74) is 5.62. The molecule has 1 heterocycles. The highest BCUT2D eigenvalue weighted by atomic mass is 32.2. The van der Waals surface area contributed by atoms with Gasteiger partial charge in [-0.1, -0.05) is 0 Å². The maximum atomic E-state index is 5.62. The summed E-state index contributed by atoms with van der Waals surface area (Å²) in [6.07, 6.45) is 3.23. The van der Waals surface area contributed by atoms with Crippen LogP contribution in [-0.2, 0) is 0 Å². The summed E-state index contributed by atoms with van der Waals surface area (Å²) in [4.78, 5) is 0. The predicted octanol–water partition coefficient (Wildman–Crippen LogP) is -0.00390. The van der Waals surface area contributed by atoms with E-state index in [4.69, 9.17) is 5.73 Å². The third-order valence-corrected chi connectivity index (χ3v) is 2.34.